The van der Waals surface area contributed by atoms with E-state index in [1.165, 1.54) is 63.9 Å². The molecule has 0 spiro atoms. The van der Waals surface area contributed by atoms with E-state index >= 15 is 8.78 Å². The lowest BCUT2D eigenvalue weighted by atomic mass is 9.43. The van der Waals surface area contributed by atoms with Gasteiger partial charge in [-0.25, -0.2) is 8.78 Å². The molecule has 1 N–H and O–H groups in total. The molecule has 0 unspecified atom stereocenters. The molecule has 0 aromatic carbocycles. The van der Waals surface area contributed by atoms with Crippen LogP contribution >= 0.6 is 0 Å². The number of hydrogen-bond acceptors (Lipinski definition) is 7. The third-order valence-corrected chi connectivity index (χ3v) is 13.6. The van der Waals surface area contributed by atoms with Gasteiger partial charge in [0.2, 0.25) is 5.78 Å². The maximum atomic E-state index is 17.7. The molecular formula is C41H64F2O7. The molecule has 0 aromatic heterocycles. The molecule has 284 valence electrons. The van der Waals surface area contributed by atoms with Crippen molar-refractivity contribution >= 4 is 17.5 Å². The van der Waals surface area contributed by atoms with Gasteiger partial charge in [0.1, 0.15) is 11.8 Å². The first-order valence-corrected chi connectivity index (χ1v) is 20.2. The number of aliphatic hydroxyl groups excluding tert-OH is 1. The first kappa shape index (κ1) is 39.5. The molecule has 50 heavy (non-hydrogen) atoms. The predicted octanol–water partition coefficient (Wildman–Crippen LogP) is 9.01. The molecule has 1 heterocycles. The van der Waals surface area contributed by atoms with Crippen LogP contribution in [0, 0.1) is 22.7 Å². The van der Waals surface area contributed by atoms with Crippen molar-refractivity contribution in [3.8, 4) is 0 Å². The maximum Gasteiger partial charge on any atom is 0.306 e. The zero-order chi connectivity index (χ0) is 36.2. The van der Waals surface area contributed by atoms with E-state index in [0.717, 1.165) is 25.7 Å². The molecule has 4 fully saturated rings. The quantitative estimate of drug-likeness (QED) is 0.106. The first-order valence-electron chi connectivity index (χ1n) is 20.2. The zero-order valence-corrected chi connectivity index (χ0v) is 31.3. The molecule has 0 radical (unpaired) electrons. The standard InChI is InChI=1S/C41H64F2O7/c1-5-7-8-9-10-11-12-13-14-15-16-17-18-20-36(47)48-27-34(46)41-35(49-37(50-41)19-6-2)25-29-30-24-32(42)31-23-28(44)21-22-38(31,3)40(30,43)33(45)26-39(29,41)4/h23,29-30,32-33,35,37,45H,5-22,24-27H2,1-4H3/t29-,30-,32-,33-,35+,37-,38-,39-,40-,41+/m0/s1. The van der Waals surface area contributed by atoms with Crippen LogP contribution in [0.15, 0.2) is 11.6 Å². The van der Waals surface area contributed by atoms with Crippen LogP contribution in [0.3, 0.4) is 0 Å². The highest BCUT2D eigenvalue weighted by Crippen LogP contribution is 2.72. The molecule has 0 aromatic rings. The largest absolute Gasteiger partial charge is 0.458 e. The number of unbranched alkanes of at least 4 members (excludes halogenated alkanes) is 12. The van der Waals surface area contributed by atoms with Gasteiger partial charge in [-0.2, -0.15) is 0 Å². The molecule has 5 aliphatic rings. The zero-order valence-electron chi connectivity index (χ0n) is 31.3. The Hall–Kier alpha value is -1.71. The van der Waals surface area contributed by atoms with Crippen molar-refractivity contribution in [2.75, 3.05) is 6.61 Å². The summed E-state index contributed by atoms with van der Waals surface area (Å²) in [5.74, 6) is -2.53. The fourth-order valence-electron chi connectivity index (χ4n) is 10.9. The van der Waals surface area contributed by atoms with Gasteiger partial charge in [-0.15, -0.1) is 0 Å². The van der Waals surface area contributed by atoms with Gasteiger partial charge < -0.3 is 19.3 Å². The minimum atomic E-state index is -2.18. The van der Waals surface area contributed by atoms with E-state index in [2.05, 4.69) is 6.92 Å². The van der Waals surface area contributed by atoms with Gasteiger partial charge in [-0.3, -0.25) is 14.4 Å². The molecule has 10 atom stereocenters. The number of rotatable bonds is 19. The number of Topliss-reactive ketones (excluding diaryl/α,β-unsaturated/α-hetero) is 1. The number of carbonyl (C=O) groups excluding carboxylic acids is 3. The lowest BCUT2D eigenvalue weighted by molar-refractivity contribution is -0.242. The fourth-order valence-corrected chi connectivity index (χ4v) is 10.9. The summed E-state index contributed by atoms with van der Waals surface area (Å²) in [5.41, 5.74) is -6.02. The number of ether oxygens (including phenoxy) is 3. The molecule has 4 aliphatic carbocycles. The summed E-state index contributed by atoms with van der Waals surface area (Å²) < 4.78 is 52.1. The van der Waals surface area contributed by atoms with Gasteiger partial charge in [0.05, 0.1) is 12.2 Å². The second kappa shape index (κ2) is 16.5. The van der Waals surface area contributed by atoms with Crippen molar-refractivity contribution < 1.29 is 42.5 Å². The molecular weight excluding hydrogens is 642 g/mol. The summed E-state index contributed by atoms with van der Waals surface area (Å²) in [5, 5.41) is 11.8. The van der Waals surface area contributed by atoms with Crippen LogP contribution in [0.2, 0.25) is 0 Å². The number of ketones is 2. The van der Waals surface area contributed by atoms with Gasteiger partial charge in [0, 0.05) is 29.6 Å². The Labute approximate surface area is 299 Å². The molecule has 9 heteroatoms. The summed E-state index contributed by atoms with van der Waals surface area (Å²) in [6, 6.07) is 0. The first-order chi connectivity index (χ1) is 23.9. The Morgan fingerprint density at radius 3 is 2.16 bits per heavy atom. The Morgan fingerprint density at radius 2 is 1.54 bits per heavy atom. The van der Waals surface area contributed by atoms with Crippen LogP contribution in [-0.2, 0) is 28.6 Å². The smallest absolute Gasteiger partial charge is 0.306 e. The maximum absolute atomic E-state index is 17.7. The highest BCUT2D eigenvalue weighted by atomic mass is 19.1. The highest BCUT2D eigenvalue weighted by molar-refractivity contribution is 5.93. The SMILES string of the molecule is CCCCCCCCCCCCCCCC(=O)OCC(=O)[C@@]12O[C@@H](CCC)O[C@@H]1C[C@H]1[C@@H]3C[C@H](F)C4=CC(=O)CC[C@]4(C)[C@@]3(F)[C@@H](O)C[C@@]12C. The van der Waals surface area contributed by atoms with Crippen LogP contribution in [-0.4, -0.2) is 65.2 Å². The van der Waals surface area contributed by atoms with Crippen LogP contribution < -0.4 is 0 Å². The molecule has 0 bridgehead atoms. The van der Waals surface area contributed by atoms with Crippen molar-refractivity contribution in [2.24, 2.45) is 22.7 Å². The molecule has 0 amide bonds. The van der Waals surface area contributed by atoms with E-state index in [9.17, 15) is 19.5 Å². The van der Waals surface area contributed by atoms with Gasteiger partial charge in [-0.05, 0) is 56.1 Å². The van der Waals surface area contributed by atoms with E-state index in [-0.39, 0.29) is 49.9 Å². The monoisotopic (exact) mass is 706 g/mol. The van der Waals surface area contributed by atoms with Crippen LogP contribution in [0.5, 0.6) is 0 Å². The van der Waals surface area contributed by atoms with Crippen molar-refractivity contribution in [2.45, 2.75) is 198 Å². The second-order valence-electron chi connectivity index (χ2n) is 16.7. The summed E-state index contributed by atoms with van der Waals surface area (Å²) in [6.45, 7) is 7.23. The number of esters is 1. The summed E-state index contributed by atoms with van der Waals surface area (Å²) in [7, 11) is 0. The Morgan fingerprint density at radius 1 is 0.920 bits per heavy atom. The predicted molar refractivity (Wildman–Crippen MR) is 188 cm³/mol. The lowest BCUT2D eigenvalue weighted by Gasteiger charge is -2.64. The van der Waals surface area contributed by atoms with Crippen LogP contribution in [0.4, 0.5) is 8.78 Å². The van der Waals surface area contributed by atoms with Crippen molar-refractivity contribution in [1.82, 2.24) is 0 Å². The topological polar surface area (TPSA) is 99.1 Å². The van der Waals surface area contributed by atoms with Gasteiger partial charge >= 0.3 is 5.97 Å². The lowest BCUT2D eigenvalue weighted by Crippen LogP contribution is -2.71. The van der Waals surface area contributed by atoms with E-state index < -0.39 is 77.0 Å². The minimum absolute atomic E-state index is 0.0875. The Bertz CT molecular complexity index is 1240. The normalized spacial score (nSPS) is 38.9. The van der Waals surface area contributed by atoms with Crippen LogP contribution in [0.1, 0.15) is 163 Å². The number of fused-ring (bicyclic) bond motifs is 7. The number of hydrogen-bond donors (Lipinski definition) is 1. The van der Waals surface area contributed by atoms with E-state index in [0.29, 0.717) is 12.8 Å². The highest BCUT2D eigenvalue weighted by Gasteiger charge is 2.80. The number of allylic oxidation sites excluding steroid dienone is 1. The average Bonchev–Trinajstić information content (AvgIpc) is 3.56. The van der Waals surface area contributed by atoms with Crippen molar-refractivity contribution in [3.05, 3.63) is 11.6 Å². The van der Waals surface area contributed by atoms with Gasteiger partial charge in [0.15, 0.2) is 24.3 Å². The third kappa shape index (κ3) is 7.14. The average molecular weight is 707 g/mol. The number of alkyl halides is 2. The summed E-state index contributed by atoms with van der Waals surface area (Å²) in [4.78, 5) is 39.4. The Balaban J connectivity index is 1.18. The molecule has 1 aliphatic heterocycles. The number of carbonyl (C=O) groups is 3. The summed E-state index contributed by atoms with van der Waals surface area (Å²) in [6.07, 6.45) is 14.2. The number of halogens is 2. The van der Waals surface area contributed by atoms with E-state index in [1.54, 1.807) is 6.92 Å². The van der Waals surface area contributed by atoms with E-state index in [4.69, 9.17) is 14.2 Å². The Kier molecular flexibility index (Phi) is 13.1. The van der Waals surface area contributed by atoms with Crippen LogP contribution in [0.25, 0.3) is 0 Å². The van der Waals surface area contributed by atoms with Crippen molar-refractivity contribution in [1.29, 1.82) is 0 Å². The number of aliphatic hydroxyl groups is 1. The second-order valence-corrected chi connectivity index (χ2v) is 16.7. The molecule has 5 rings (SSSR count). The molecule has 1 saturated heterocycles. The van der Waals surface area contributed by atoms with Gasteiger partial charge in [-0.1, -0.05) is 111 Å². The third-order valence-electron chi connectivity index (χ3n) is 13.6. The van der Waals surface area contributed by atoms with Crippen molar-refractivity contribution in [3.63, 3.8) is 0 Å². The molecule has 7 nitrogen and oxygen atoms in total. The van der Waals surface area contributed by atoms with Gasteiger partial charge in [0.25, 0.3) is 0 Å². The summed E-state index contributed by atoms with van der Waals surface area (Å²) >= 11 is 0. The minimum Gasteiger partial charge on any atom is -0.458 e. The molecule has 3 saturated carbocycles. The van der Waals surface area contributed by atoms with E-state index in [1.807, 2.05) is 13.8 Å². The fraction of sp³-hybridized carbons (Fsp3) is 0.878.